The molecule has 3 N–H and O–H groups in total. The van der Waals surface area contributed by atoms with Crippen molar-refractivity contribution < 1.29 is 42.4 Å². The zero-order valence-electron chi connectivity index (χ0n) is 31.4. The second-order valence-corrected chi connectivity index (χ2v) is 14.9. The minimum atomic E-state index is -1.45. The summed E-state index contributed by atoms with van der Waals surface area (Å²) in [6, 6.07) is 37.1. The number of aromatic amines is 1. The Morgan fingerprint density at radius 1 is 0.661 bits per heavy atom. The number of H-pyrrole nitrogens is 1. The Hall–Kier alpha value is -6.28. The first-order valence-corrected chi connectivity index (χ1v) is 19.4. The molecule has 12 heteroatoms. The number of hydrogen-bond acceptors (Lipinski definition) is 7. The number of nitrogens with one attached hydrogen (secondary N) is 2. The monoisotopic (exact) mass is 793 g/mol. The standard InChI is InChI=1S/C47H37F2N3O7/c48-29-16-18-31-33(20-29)50-40-36(31)38-39(46(55)51-45(38)54)37-32-19-17-30(49)21-34(32)52(41(37)40)47-42(53)44(58-24-28-14-8-3-9-15-28)43(57-23-27-12-6-2-7-13-27)35(59-47)25-56-22-26-10-4-1-5-11-26/h1-21,35,42-44,47,50,53H,22-25H2,(H,51,54,55)/t35-,42-,43-,44-,47-/m1/s1. The number of imide groups is 1. The van der Waals surface area contributed by atoms with Crippen molar-refractivity contribution in [3.05, 3.63) is 167 Å². The molecule has 0 radical (unpaired) electrons. The van der Waals surface area contributed by atoms with Gasteiger partial charge in [0.25, 0.3) is 11.8 Å². The number of aliphatic hydroxyl groups excluding tert-OH is 1. The molecule has 2 amide bonds. The van der Waals surface area contributed by atoms with Crippen molar-refractivity contribution in [1.29, 1.82) is 0 Å². The van der Waals surface area contributed by atoms with E-state index in [0.717, 1.165) is 16.7 Å². The molecule has 2 aliphatic heterocycles. The van der Waals surface area contributed by atoms with E-state index in [1.807, 2.05) is 91.0 Å². The highest BCUT2D eigenvalue weighted by molar-refractivity contribution is 6.39. The van der Waals surface area contributed by atoms with E-state index in [0.29, 0.717) is 38.1 Å². The summed E-state index contributed by atoms with van der Waals surface area (Å²) in [7, 11) is 0. The highest BCUT2D eigenvalue weighted by Crippen LogP contribution is 2.47. The molecule has 2 aromatic heterocycles. The van der Waals surface area contributed by atoms with Crippen LogP contribution in [0.4, 0.5) is 8.78 Å². The van der Waals surface area contributed by atoms with E-state index in [4.69, 9.17) is 18.9 Å². The molecule has 1 fully saturated rings. The number of ether oxygens (including phenoxy) is 4. The van der Waals surface area contributed by atoms with Crippen LogP contribution in [-0.2, 0) is 38.8 Å². The number of nitrogens with zero attached hydrogens (tertiary/aromatic N) is 1. The minimum absolute atomic E-state index is 0.0155. The van der Waals surface area contributed by atoms with Crippen LogP contribution in [0.3, 0.4) is 0 Å². The van der Waals surface area contributed by atoms with Crippen molar-refractivity contribution in [1.82, 2.24) is 14.9 Å². The minimum Gasteiger partial charge on any atom is -0.386 e. The largest absolute Gasteiger partial charge is 0.386 e. The molecule has 10 nitrogen and oxygen atoms in total. The summed E-state index contributed by atoms with van der Waals surface area (Å²) < 4.78 is 58.4. The molecule has 0 unspecified atom stereocenters. The van der Waals surface area contributed by atoms with Gasteiger partial charge in [0.05, 0.1) is 54.1 Å². The van der Waals surface area contributed by atoms with Crippen LogP contribution < -0.4 is 5.32 Å². The van der Waals surface area contributed by atoms with Gasteiger partial charge in [-0.25, -0.2) is 8.78 Å². The van der Waals surface area contributed by atoms with E-state index in [2.05, 4.69) is 10.3 Å². The average molecular weight is 794 g/mol. The molecule has 0 saturated carbocycles. The van der Waals surface area contributed by atoms with Crippen molar-refractivity contribution >= 4 is 55.4 Å². The molecule has 0 aliphatic carbocycles. The summed E-state index contributed by atoms with van der Waals surface area (Å²) in [6.45, 7) is 0.570. The van der Waals surface area contributed by atoms with E-state index >= 15 is 4.39 Å². The zero-order chi connectivity index (χ0) is 40.2. The third kappa shape index (κ3) is 6.55. The number of halogens is 2. The summed E-state index contributed by atoms with van der Waals surface area (Å²) in [5.74, 6) is -2.33. The van der Waals surface area contributed by atoms with Gasteiger partial charge in [0.2, 0.25) is 0 Å². The molecule has 5 atom stereocenters. The SMILES string of the molecule is O=C1NC(=O)c2c1c1c3ccc(F)cc3[nH]c1c1c2c2ccc(F)cc2n1[C@@H]1O[C@H](COCc2ccccc2)[C@@H](OCc2ccccc2)[C@H](OCc2ccccc2)[C@H]1O. The van der Waals surface area contributed by atoms with E-state index < -0.39 is 54.1 Å². The van der Waals surface area contributed by atoms with Crippen molar-refractivity contribution in [3.8, 4) is 0 Å². The molecule has 8 aromatic rings. The maximum absolute atomic E-state index is 15.5. The average Bonchev–Trinajstić information content (AvgIpc) is 3.88. The highest BCUT2D eigenvalue weighted by atomic mass is 19.1. The first-order valence-electron chi connectivity index (χ1n) is 19.4. The molecule has 6 aromatic carbocycles. The number of hydrogen-bond donors (Lipinski definition) is 3. The topological polar surface area (TPSA) is 124 Å². The van der Waals surface area contributed by atoms with Crippen molar-refractivity contribution in [2.75, 3.05) is 6.61 Å². The predicted octanol–water partition coefficient (Wildman–Crippen LogP) is 8.24. The van der Waals surface area contributed by atoms with Gasteiger partial charge in [0.1, 0.15) is 36.1 Å². The Bertz CT molecular complexity index is 2880. The van der Waals surface area contributed by atoms with Crippen molar-refractivity contribution in [3.63, 3.8) is 0 Å². The maximum atomic E-state index is 15.5. The Balaban J connectivity index is 1.17. The number of aliphatic hydroxyl groups is 1. The lowest BCUT2D eigenvalue weighted by Crippen LogP contribution is -2.58. The summed E-state index contributed by atoms with van der Waals surface area (Å²) in [6.07, 6.45) is -5.49. The maximum Gasteiger partial charge on any atom is 0.259 e. The Kier molecular flexibility index (Phi) is 9.50. The lowest BCUT2D eigenvalue weighted by Gasteiger charge is -2.45. The molecule has 4 heterocycles. The molecule has 59 heavy (non-hydrogen) atoms. The quantitative estimate of drug-likeness (QED) is 0.113. The molecule has 2 aliphatic rings. The number of rotatable bonds is 11. The lowest BCUT2D eigenvalue weighted by atomic mass is 9.96. The Morgan fingerprint density at radius 2 is 1.22 bits per heavy atom. The van der Waals surface area contributed by atoms with Gasteiger partial charge in [-0.2, -0.15) is 0 Å². The predicted molar refractivity (Wildman–Crippen MR) is 217 cm³/mol. The van der Waals surface area contributed by atoms with Crippen LogP contribution >= 0.6 is 0 Å². The first-order chi connectivity index (χ1) is 28.8. The first kappa shape index (κ1) is 37.0. The van der Waals surface area contributed by atoms with Gasteiger partial charge >= 0.3 is 0 Å². The summed E-state index contributed by atoms with van der Waals surface area (Å²) in [5.41, 5.74) is 4.28. The van der Waals surface area contributed by atoms with Gasteiger partial charge in [0, 0.05) is 27.1 Å². The van der Waals surface area contributed by atoms with E-state index in [1.165, 1.54) is 24.3 Å². The fourth-order valence-electron chi connectivity index (χ4n) is 8.64. The third-order valence-electron chi connectivity index (χ3n) is 11.2. The lowest BCUT2D eigenvalue weighted by molar-refractivity contribution is -0.277. The van der Waals surface area contributed by atoms with Crippen molar-refractivity contribution in [2.45, 2.75) is 50.5 Å². The second-order valence-electron chi connectivity index (χ2n) is 14.9. The second kappa shape index (κ2) is 15.1. The number of carbonyl (C=O) groups excluding carboxylic acids is 2. The van der Waals surface area contributed by atoms with Gasteiger partial charge in [-0.05, 0) is 53.1 Å². The van der Waals surface area contributed by atoms with E-state index in [-0.39, 0.29) is 43.1 Å². The smallest absolute Gasteiger partial charge is 0.259 e. The molecule has 10 rings (SSSR count). The molecule has 296 valence electrons. The van der Waals surface area contributed by atoms with Gasteiger partial charge in [-0.15, -0.1) is 0 Å². The van der Waals surface area contributed by atoms with Crippen LogP contribution in [0.1, 0.15) is 43.6 Å². The van der Waals surface area contributed by atoms with Crippen molar-refractivity contribution in [2.24, 2.45) is 0 Å². The molecule has 0 bridgehead atoms. The normalized spacial score (nSPS) is 20.6. The van der Waals surface area contributed by atoms with Crippen LogP contribution in [0.25, 0.3) is 43.6 Å². The van der Waals surface area contributed by atoms with E-state index in [9.17, 15) is 19.1 Å². The van der Waals surface area contributed by atoms with Crippen LogP contribution in [0.15, 0.2) is 127 Å². The van der Waals surface area contributed by atoms with E-state index in [1.54, 1.807) is 16.7 Å². The molecule has 1 saturated heterocycles. The number of benzene rings is 6. The number of amides is 2. The number of carbonyl (C=O) groups is 2. The fourth-order valence-corrected chi connectivity index (χ4v) is 8.64. The Labute approximate surface area is 335 Å². The zero-order valence-corrected chi connectivity index (χ0v) is 31.4. The summed E-state index contributed by atoms with van der Waals surface area (Å²) in [4.78, 5) is 30.7. The fraction of sp³-hybridized carbons (Fsp3) is 0.191. The molecule has 0 spiro atoms. The van der Waals surface area contributed by atoms with Crippen LogP contribution in [0.5, 0.6) is 0 Å². The van der Waals surface area contributed by atoms with Crippen LogP contribution in [-0.4, -0.2) is 57.5 Å². The molecular weight excluding hydrogens is 757 g/mol. The summed E-state index contributed by atoms with van der Waals surface area (Å²) in [5, 5.41) is 16.8. The summed E-state index contributed by atoms with van der Waals surface area (Å²) >= 11 is 0. The van der Waals surface area contributed by atoms with Gasteiger partial charge in [-0.3, -0.25) is 14.9 Å². The molecular formula is C47H37F2N3O7. The van der Waals surface area contributed by atoms with Gasteiger partial charge in [-0.1, -0.05) is 91.0 Å². The number of aromatic nitrogens is 2. The highest BCUT2D eigenvalue weighted by Gasteiger charge is 2.49. The Morgan fingerprint density at radius 3 is 1.86 bits per heavy atom. The van der Waals surface area contributed by atoms with Gasteiger partial charge in [0.15, 0.2) is 6.23 Å². The number of fused-ring (bicyclic) bond motifs is 10. The third-order valence-corrected chi connectivity index (χ3v) is 11.2. The van der Waals surface area contributed by atoms with Crippen LogP contribution in [0, 0.1) is 11.6 Å². The van der Waals surface area contributed by atoms with Gasteiger partial charge < -0.3 is 33.6 Å². The van der Waals surface area contributed by atoms with Crippen LogP contribution in [0.2, 0.25) is 0 Å².